The molecule has 0 N–H and O–H groups in total. The zero-order chi connectivity index (χ0) is 26.0. The molecule has 1 amide bonds. The fraction of sp³-hybridized carbons (Fsp3) is 0.385. The molecule has 0 saturated heterocycles. The van der Waals surface area contributed by atoms with Crippen molar-refractivity contribution in [3.05, 3.63) is 71.9 Å². The van der Waals surface area contributed by atoms with Crippen LogP contribution >= 0.6 is 0 Å². The van der Waals surface area contributed by atoms with Crippen molar-refractivity contribution in [1.82, 2.24) is 9.29 Å². The zero-order valence-corrected chi connectivity index (χ0v) is 20.6. The molecule has 0 bridgehead atoms. The van der Waals surface area contributed by atoms with Gasteiger partial charge in [0, 0.05) is 12.3 Å². The summed E-state index contributed by atoms with van der Waals surface area (Å²) in [6.45, 7) is 1.04. The lowest BCUT2D eigenvalue weighted by atomic mass is 9.82. The maximum atomic E-state index is 13.6. The molecule has 3 aromatic rings. The Kier molecular flexibility index (Phi) is 7.26. The number of hydrogen-bond donors (Lipinski definition) is 0. The van der Waals surface area contributed by atoms with Crippen molar-refractivity contribution in [2.45, 2.75) is 63.1 Å². The van der Waals surface area contributed by atoms with E-state index in [1.54, 1.807) is 24.3 Å². The number of benzene rings is 2. The smallest absolute Gasteiger partial charge is 0.487 e. The number of halogens is 3. The lowest BCUT2D eigenvalue weighted by molar-refractivity contribution is -0.131. The van der Waals surface area contributed by atoms with E-state index in [1.165, 1.54) is 0 Å². The standard InChI is InChI=1S/C26H27F3N2O4S/c1-19(32)31(36(33,34)26(27,28)29)25(16-6-2-3-7-17-25)21-11-14-23(15-12-21)35-18-22-13-10-20-8-4-5-9-24(20)30-22/h4-5,8-15H,2-3,6-7,16-18H2,1H3. The average Bonchev–Trinajstić information content (AvgIpc) is 3.08. The minimum absolute atomic E-state index is 0.0696. The Morgan fingerprint density at radius 2 is 1.61 bits per heavy atom. The van der Waals surface area contributed by atoms with Crippen molar-refractivity contribution in [2.24, 2.45) is 0 Å². The zero-order valence-electron chi connectivity index (χ0n) is 19.8. The van der Waals surface area contributed by atoms with Crippen molar-refractivity contribution in [1.29, 1.82) is 0 Å². The number of sulfonamides is 1. The first-order valence-corrected chi connectivity index (χ1v) is 13.2. The maximum Gasteiger partial charge on any atom is 0.516 e. The van der Waals surface area contributed by atoms with Crippen molar-refractivity contribution in [3.63, 3.8) is 0 Å². The van der Waals surface area contributed by atoms with E-state index in [1.807, 2.05) is 36.4 Å². The molecule has 10 heteroatoms. The predicted molar refractivity (Wildman–Crippen MR) is 129 cm³/mol. The molecule has 0 radical (unpaired) electrons. The minimum atomic E-state index is -5.89. The molecule has 1 fully saturated rings. The molecule has 1 aliphatic rings. The van der Waals surface area contributed by atoms with Crippen LogP contribution in [0.25, 0.3) is 10.9 Å². The Morgan fingerprint density at radius 1 is 0.972 bits per heavy atom. The molecule has 2 aromatic carbocycles. The van der Waals surface area contributed by atoms with E-state index in [-0.39, 0.29) is 23.8 Å². The summed E-state index contributed by atoms with van der Waals surface area (Å²) in [6, 6.07) is 17.7. The predicted octanol–water partition coefficient (Wildman–Crippen LogP) is 6.06. The monoisotopic (exact) mass is 520 g/mol. The second kappa shape index (κ2) is 10.1. The normalized spacial score (nSPS) is 16.3. The largest absolute Gasteiger partial charge is 0.516 e. The Morgan fingerprint density at radius 3 is 2.22 bits per heavy atom. The molecule has 6 nitrogen and oxygen atoms in total. The van der Waals surface area contributed by atoms with E-state index < -0.39 is 27.0 Å². The van der Waals surface area contributed by atoms with Crippen molar-refractivity contribution in [2.75, 3.05) is 0 Å². The number of aromatic nitrogens is 1. The van der Waals surface area contributed by atoms with Gasteiger partial charge in [0.05, 0.1) is 16.7 Å². The van der Waals surface area contributed by atoms with Gasteiger partial charge in [-0.05, 0) is 42.7 Å². The van der Waals surface area contributed by atoms with Crippen LogP contribution in [-0.2, 0) is 27.0 Å². The van der Waals surface area contributed by atoms with Crippen LogP contribution in [0.5, 0.6) is 5.75 Å². The van der Waals surface area contributed by atoms with Gasteiger partial charge in [-0.1, -0.05) is 62.1 Å². The summed E-state index contributed by atoms with van der Waals surface area (Å²) in [6.07, 6.45) is 2.73. The molecule has 192 valence electrons. The highest BCUT2D eigenvalue weighted by molar-refractivity contribution is 7.90. The molecule has 4 rings (SSSR count). The van der Waals surface area contributed by atoms with Crippen LogP contribution in [0.15, 0.2) is 60.7 Å². The molecule has 36 heavy (non-hydrogen) atoms. The van der Waals surface area contributed by atoms with Gasteiger partial charge in [0.25, 0.3) is 0 Å². The summed E-state index contributed by atoms with van der Waals surface area (Å²) < 4.78 is 71.8. The van der Waals surface area contributed by atoms with E-state index in [0.29, 0.717) is 29.8 Å². The lowest BCUT2D eigenvalue weighted by Gasteiger charge is -2.42. The summed E-state index contributed by atoms with van der Waals surface area (Å²) >= 11 is 0. The number of alkyl halides is 3. The first-order chi connectivity index (χ1) is 17.0. The minimum Gasteiger partial charge on any atom is -0.487 e. The quantitative estimate of drug-likeness (QED) is 0.369. The Labute approximate surface area is 208 Å². The summed E-state index contributed by atoms with van der Waals surface area (Å²) in [7, 11) is -5.89. The second-order valence-corrected chi connectivity index (χ2v) is 10.8. The SMILES string of the molecule is CC(=O)N(C1(c2ccc(OCc3ccc4ccccc4n3)cc2)CCCCCC1)S(=O)(=O)C(F)(F)F. The highest BCUT2D eigenvalue weighted by Gasteiger charge is 2.58. The number of pyridine rings is 1. The fourth-order valence-electron chi connectivity index (χ4n) is 4.93. The molecular formula is C26H27F3N2O4S. The van der Waals surface area contributed by atoms with Crippen LogP contribution in [0.1, 0.15) is 56.7 Å². The molecule has 1 heterocycles. The number of amides is 1. The number of para-hydroxylation sites is 1. The first-order valence-electron chi connectivity index (χ1n) is 11.7. The maximum absolute atomic E-state index is 13.6. The Hall–Kier alpha value is -3.14. The van der Waals surface area contributed by atoms with Gasteiger partial charge in [-0.25, -0.2) is 9.29 Å². The number of fused-ring (bicyclic) bond motifs is 1. The number of carbonyl (C=O) groups excluding carboxylic acids is 1. The van der Waals surface area contributed by atoms with Gasteiger partial charge in [0.2, 0.25) is 5.91 Å². The lowest BCUT2D eigenvalue weighted by Crippen LogP contribution is -2.55. The topological polar surface area (TPSA) is 76.6 Å². The number of rotatable bonds is 6. The van der Waals surface area contributed by atoms with E-state index in [4.69, 9.17) is 4.74 Å². The number of ether oxygens (including phenoxy) is 1. The van der Waals surface area contributed by atoms with Crippen LogP contribution in [0.3, 0.4) is 0 Å². The molecule has 0 spiro atoms. The van der Waals surface area contributed by atoms with E-state index in [9.17, 15) is 26.4 Å². The Balaban J connectivity index is 1.63. The van der Waals surface area contributed by atoms with Crippen LogP contribution in [-0.4, -0.2) is 29.1 Å². The van der Waals surface area contributed by atoms with E-state index in [2.05, 4.69) is 4.98 Å². The van der Waals surface area contributed by atoms with Crippen LogP contribution in [0, 0.1) is 0 Å². The second-order valence-electron chi connectivity index (χ2n) is 8.99. The molecule has 1 aliphatic carbocycles. The summed E-state index contributed by atoms with van der Waals surface area (Å²) in [5.41, 5.74) is -5.33. The van der Waals surface area contributed by atoms with Crippen LogP contribution < -0.4 is 4.74 Å². The molecule has 0 atom stereocenters. The van der Waals surface area contributed by atoms with Gasteiger partial charge >= 0.3 is 15.5 Å². The fourth-order valence-corrected chi connectivity index (χ4v) is 6.23. The van der Waals surface area contributed by atoms with Gasteiger partial charge in [-0.3, -0.25) is 4.79 Å². The first kappa shape index (κ1) is 25.9. The van der Waals surface area contributed by atoms with Crippen LogP contribution in [0.4, 0.5) is 13.2 Å². The summed E-state index contributed by atoms with van der Waals surface area (Å²) in [5.74, 6) is -0.706. The van der Waals surface area contributed by atoms with Gasteiger partial charge in [0.1, 0.15) is 12.4 Å². The third-order valence-corrected chi connectivity index (χ3v) is 8.25. The van der Waals surface area contributed by atoms with Crippen molar-refractivity contribution >= 4 is 26.8 Å². The molecular weight excluding hydrogens is 493 g/mol. The van der Waals surface area contributed by atoms with E-state index in [0.717, 1.165) is 30.7 Å². The van der Waals surface area contributed by atoms with Crippen molar-refractivity contribution in [3.8, 4) is 5.75 Å². The molecule has 0 aliphatic heterocycles. The Bertz CT molecular complexity index is 1330. The summed E-state index contributed by atoms with van der Waals surface area (Å²) in [4.78, 5) is 17.0. The third-order valence-electron chi connectivity index (χ3n) is 6.57. The van der Waals surface area contributed by atoms with Gasteiger partial charge < -0.3 is 4.74 Å². The van der Waals surface area contributed by atoms with Crippen molar-refractivity contribution < 1.29 is 31.1 Å². The number of nitrogens with zero attached hydrogens (tertiary/aromatic N) is 2. The van der Waals surface area contributed by atoms with Gasteiger partial charge in [0.15, 0.2) is 0 Å². The molecule has 1 saturated carbocycles. The molecule has 0 unspecified atom stereocenters. The van der Waals surface area contributed by atoms with E-state index >= 15 is 0 Å². The highest BCUT2D eigenvalue weighted by atomic mass is 32.2. The summed E-state index contributed by atoms with van der Waals surface area (Å²) in [5, 5.41) is 1.00. The van der Waals surface area contributed by atoms with Crippen LogP contribution in [0.2, 0.25) is 0 Å². The number of hydrogen-bond acceptors (Lipinski definition) is 5. The number of carbonyl (C=O) groups is 1. The molecule has 1 aromatic heterocycles. The average molecular weight is 521 g/mol. The highest BCUT2D eigenvalue weighted by Crippen LogP contribution is 2.46. The van der Waals surface area contributed by atoms with Gasteiger partial charge in [-0.15, -0.1) is 0 Å². The third kappa shape index (κ3) is 5.04. The van der Waals surface area contributed by atoms with Gasteiger partial charge in [-0.2, -0.15) is 21.6 Å².